The quantitative estimate of drug-likeness (QED) is 0.901. The third-order valence-electron chi connectivity index (χ3n) is 4.60. The first kappa shape index (κ1) is 13.5. The number of carbonyl (C=O) groups excluding carboxylic acids is 1. The average molecular weight is 299 g/mol. The second-order valence-corrected chi connectivity index (χ2v) is 6.26. The first-order valence-electron chi connectivity index (χ1n) is 7.87. The Kier molecular flexibility index (Phi) is 3.21. The molecule has 1 aromatic carbocycles. The number of nitrogens with one attached hydrogen (secondary N) is 2. The van der Waals surface area contributed by atoms with Gasteiger partial charge in [-0.15, -0.1) is 0 Å². The molecule has 114 valence electrons. The zero-order chi connectivity index (χ0) is 15.1. The van der Waals surface area contributed by atoms with Crippen LogP contribution < -0.4 is 5.32 Å². The van der Waals surface area contributed by atoms with Crippen LogP contribution in [0.4, 0.5) is 10.1 Å². The molecule has 1 heterocycles. The van der Waals surface area contributed by atoms with Gasteiger partial charge in [-0.1, -0.05) is 18.6 Å². The summed E-state index contributed by atoms with van der Waals surface area (Å²) in [5.41, 5.74) is 3.04. The predicted octanol–water partition coefficient (Wildman–Crippen LogP) is 3.83. The number of anilines is 1. The molecule has 1 aromatic heterocycles. The van der Waals surface area contributed by atoms with Crippen molar-refractivity contribution in [2.24, 2.45) is 5.92 Å². The summed E-state index contributed by atoms with van der Waals surface area (Å²) in [6, 6.07) is 6.33. The van der Waals surface area contributed by atoms with E-state index in [0.717, 1.165) is 43.5 Å². The molecule has 5 heteroatoms. The fourth-order valence-electron chi connectivity index (χ4n) is 2.89. The van der Waals surface area contributed by atoms with E-state index < -0.39 is 0 Å². The van der Waals surface area contributed by atoms with Crippen molar-refractivity contribution in [3.8, 4) is 11.3 Å². The van der Waals surface area contributed by atoms with Crippen molar-refractivity contribution in [2.45, 2.75) is 38.0 Å². The number of carbonyl (C=O) groups is 1. The summed E-state index contributed by atoms with van der Waals surface area (Å²) in [6.45, 7) is 0. The summed E-state index contributed by atoms with van der Waals surface area (Å²) in [6.07, 6.45) is 5.25. The summed E-state index contributed by atoms with van der Waals surface area (Å²) in [5.74, 6) is 0.311. The van der Waals surface area contributed by atoms with Gasteiger partial charge < -0.3 is 5.32 Å². The zero-order valence-corrected chi connectivity index (χ0v) is 12.2. The van der Waals surface area contributed by atoms with Gasteiger partial charge in [-0.2, -0.15) is 5.10 Å². The Labute approximate surface area is 128 Å². The second kappa shape index (κ2) is 5.23. The number of amides is 1. The number of rotatable bonds is 4. The van der Waals surface area contributed by atoms with Crippen molar-refractivity contribution < 1.29 is 9.18 Å². The van der Waals surface area contributed by atoms with Crippen LogP contribution in [0.15, 0.2) is 24.3 Å². The van der Waals surface area contributed by atoms with Crippen LogP contribution in [-0.2, 0) is 4.79 Å². The summed E-state index contributed by atoms with van der Waals surface area (Å²) < 4.78 is 13.5. The highest BCUT2D eigenvalue weighted by Gasteiger charge is 2.33. The van der Waals surface area contributed by atoms with Crippen LogP contribution in [0.3, 0.4) is 0 Å². The van der Waals surface area contributed by atoms with Gasteiger partial charge in [0.05, 0.1) is 11.4 Å². The van der Waals surface area contributed by atoms with E-state index in [1.807, 2.05) is 6.07 Å². The number of H-pyrrole nitrogens is 1. The SMILES string of the molecule is O=C(Nc1c(-c2cccc(F)c2)n[nH]c1C1CC1)C1CCC1. The van der Waals surface area contributed by atoms with Gasteiger partial charge in [-0.05, 0) is 37.8 Å². The van der Waals surface area contributed by atoms with Crippen molar-refractivity contribution in [3.05, 3.63) is 35.8 Å². The zero-order valence-electron chi connectivity index (χ0n) is 12.2. The number of aromatic nitrogens is 2. The van der Waals surface area contributed by atoms with E-state index in [9.17, 15) is 9.18 Å². The van der Waals surface area contributed by atoms with Crippen LogP contribution in [0.5, 0.6) is 0 Å². The molecule has 2 aliphatic rings. The number of benzene rings is 1. The fraction of sp³-hybridized carbons (Fsp3) is 0.412. The standard InChI is InChI=1S/C17H18FN3O/c18-13-6-2-5-12(9-13)15-16(14(20-21-15)10-7-8-10)19-17(22)11-3-1-4-11/h2,5-6,9-11H,1,3-4,7-8H2,(H,19,22)(H,20,21). The number of aromatic amines is 1. The Hall–Kier alpha value is -2.17. The topological polar surface area (TPSA) is 57.8 Å². The first-order chi connectivity index (χ1) is 10.7. The van der Waals surface area contributed by atoms with Gasteiger partial charge in [0.2, 0.25) is 5.91 Å². The number of hydrogen-bond donors (Lipinski definition) is 2. The van der Waals surface area contributed by atoms with Crippen LogP contribution in [0.25, 0.3) is 11.3 Å². The van der Waals surface area contributed by atoms with Gasteiger partial charge in [-0.25, -0.2) is 4.39 Å². The van der Waals surface area contributed by atoms with Gasteiger partial charge in [0.25, 0.3) is 0 Å². The number of hydrogen-bond acceptors (Lipinski definition) is 2. The second-order valence-electron chi connectivity index (χ2n) is 6.26. The molecule has 2 N–H and O–H groups in total. The van der Waals surface area contributed by atoms with Crippen molar-refractivity contribution >= 4 is 11.6 Å². The lowest BCUT2D eigenvalue weighted by molar-refractivity contribution is -0.122. The van der Waals surface area contributed by atoms with E-state index in [2.05, 4.69) is 15.5 Å². The molecule has 0 bridgehead atoms. The highest BCUT2D eigenvalue weighted by molar-refractivity contribution is 5.97. The van der Waals surface area contributed by atoms with Gasteiger partial charge in [0.1, 0.15) is 11.5 Å². The molecule has 4 nitrogen and oxygen atoms in total. The lowest BCUT2D eigenvalue weighted by atomic mass is 9.84. The average Bonchev–Trinajstić information content (AvgIpc) is 3.19. The van der Waals surface area contributed by atoms with E-state index in [0.29, 0.717) is 17.2 Å². The van der Waals surface area contributed by atoms with Crippen molar-refractivity contribution in [2.75, 3.05) is 5.32 Å². The molecule has 0 spiro atoms. The maximum absolute atomic E-state index is 13.5. The minimum Gasteiger partial charge on any atom is -0.322 e. The molecule has 1 amide bonds. The molecule has 2 aliphatic carbocycles. The van der Waals surface area contributed by atoms with Crippen molar-refractivity contribution in [3.63, 3.8) is 0 Å². The third-order valence-corrected chi connectivity index (χ3v) is 4.60. The van der Waals surface area contributed by atoms with Crippen LogP contribution in [-0.4, -0.2) is 16.1 Å². The van der Waals surface area contributed by atoms with Gasteiger partial charge in [0.15, 0.2) is 0 Å². The molecular formula is C17H18FN3O. The van der Waals surface area contributed by atoms with Crippen molar-refractivity contribution in [1.82, 2.24) is 10.2 Å². The largest absolute Gasteiger partial charge is 0.322 e. The van der Waals surface area contributed by atoms with E-state index >= 15 is 0 Å². The Morgan fingerprint density at radius 3 is 2.73 bits per heavy atom. The van der Waals surface area contributed by atoms with Crippen LogP contribution >= 0.6 is 0 Å². The maximum atomic E-state index is 13.5. The van der Waals surface area contributed by atoms with E-state index in [1.165, 1.54) is 12.1 Å². The summed E-state index contributed by atoms with van der Waals surface area (Å²) in [4.78, 5) is 12.3. The molecule has 2 saturated carbocycles. The van der Waals surface area contributed by atoms with E-state index in [1.54, 1.807) is 6.07 Å². The molecule has 0 aliphatic heterocycles. The molecule has 0 saturated heterocycles. The molecule has 4 rings (SSSR count). The Bertz CT molecular complexity index is 716. The Balaban J connectivity index is 1.70. The lowest BCUT2D eigenvalue weighted by Gasteiger charge is -2.24. The highest BCUT2D eigenvalue weighted by atomic mass is 19.1. The third kappa shape index (κ3) is 2.40. The van der Waals surface area contributed by atoms with Gasteiger partial charge >= 0.3 is 0 Å². The highest BCUT2D eigenvalue weighted by Crippen LogP contribution is 2.45. The molecule has 22 heavy (non-hydrogen) atoms. The Morgan fingerprint density at radius 1 is 1.27 bits per heavy atom. The van der Waals surface area contributed by atoms with Crippen LogP contribution in [0.1, 0.15) is 43.7 Å². The normalized spacial score (nSPS) is 18.0. The van der Waals surface area contributed by atoms with Crippen molar-refractivity contribution in [1.29, 1.82) is 0 Å². The molecule has 0 atom stereocenters. The monoisotopic (exact) mass is 299 g/mol. The minimum absolute atomic E-state index is 0.0622. The Morgan fingerprint density at radius 2 is 2.09 bits per heavy atom. The molecular weight excluding hydrogens is 281 g/mol. The van der Waals surface area contributed by atoms with Gasteiger partial charge in [0, 0.05) is 17.4 Å². The molecule has 2 aromatic rings. The smallest absolute Gasteiger partial charge is 0.227 e. The van der Waals surface area contributed by atoms with Crippen LogP contribution in [0.2, 0.25) is 0 Å². The van der Waals surface area contributed by atoms with Crippen LogP contribution in [0, 0.1) is 11.7 Å². The van der Waals surface area contributed by atoms with E-state index in [-0.39, 0.29) is 17.6 Å². The predicted molar refractivity (Wildman–Crippen MR) is 81.9 cm³/mol. The van der Waals surface area contributed by atoms with Gasteiger partial charge in [-0.3, -0.25) is 9.89 Å². The first-order valence-corrected chi connectivity index (χ1v) is 7.87. The minimum atomic E-state index is -0.301. The molecule has 0 unspecified atom stereocenters. The summed E-state index contributed by atoms with van der Waals surface area (Å²) in [7, 11) is 0. The molecule has 0 radical (unpaired) electrons. The summed E-state index contributed by atoms with van der Waals surface area (Å²) >= 11 is 0. The summed E-state index contributed by atoms with van der Waals surface area (Å²) in [5, 5.41) is 10.4. The fourth-order valence-corrected chi connectivity index (χ4v) is 2.89. The van der Waals surface area contributed by atoms with E-state index in [4.69, 9.17) is 0 Å². The number of nitrogens with zero attached hydrogens (tertiary/aromatic N) is 1. The molecule has 2 fully saturated rings. The lowest BCUT2D eigenvalue weighted by Crippen LogP contribution is -2.28. The maximum Gasteiger partial charge on any atom is 0.227 e. The number of halogens is 1.